The van der Waals surface area contributed by atoms with Gasteiger partial charge in [-0.15, -0.1) is 0 Å². The SMILES string of the molecule is C=C(O)C(=C)N1CCC(Oc2ccc(Cl)cc2C(C)(C)C)CC1. The van der Waals surface area contributed by atoms with Crippen LogP contribution in [0, 0.1) is 0 Å². The van der Waals surface area contributed by atoms with Crippen LogP contribution in [0.3, 0.4) is 0 Å². The Hall–Kier alpha value is -1.61. The number of rotatable bonds is 4. The second-order valence-corrected chi connectivity index (χ2v) is 7.52. The quantitative estimate of drug-likeness (QED) is 0.616. The average molecular weight is 336 g/mol. The van der Waals surface area contributed by atoms with Gasteiger partial charge in [-0.2, -0.15) is 0 Å². The van der Waals surface area contributed by atoms with E-state index in [2.05, 4.69) is 38.8 Å². The number of halogens is 1. The minimum absolute atomic E-state index is 0.0240. The molecule has 0 radical (unpaired) electrons. The lowest BCUT2D eigenvalue weighted by Crippen LogP contribution is -2.38. The first kappa shape index (κ1) is 17.7. The molecule has 0 amide bonds. The second kappa shape index (κ2) is 6.88. The number of benzene rings is 1. The molecular formula is C19H26ClNO2. The lowest BCUT2D eigenvalue weighted by molar-refractivity contribution is 0.113. The summed E-state index contributed by atoms with van der Waals surface area (Å²) in [5.41, 5.74) is 1.70. The van der Waals surface area contributed by atoms with E-state index >= 15 is 0 Å². The van der Waals surface area contributed by atoms with Gasteiger partial charge in [0.15, 0.2) is 0 Å². The number of aliphatic hydroxyl groups excluding tert-OH is 1. The lowest BCUT2D eigenvalue weighted by atomic mass is 9.86. The fourth-order valence-corrected chi connectivity index (χ4v) is 2.97. The number of likely N-dealkylation sites (tertiary alicyclic amines) is 1. The molecule has 0 atom stereocenters. The molecule has 1 fully saturated rings. The summed E-state index contributed by atoms with van der Waals surface area (Å²) in [6.45, 7) is 15.5. The Morgan fingerprint density at radius 3 is 2.39 bits per heavy atom. The van der Waals surface area contributed by atoms with Crippen LogP contribution < -0.4 is 4.74 Å². The zero-order valence-corrected chi connectivity index (χ0v) is 15.0. The highest BCUT2D eigenvalue weighted by molar-refractivity contribution is 6.30. The first-order chi connectivity index (χ1) is 10.7. The van der Waals surface area contributed by atoms with Crippen LogP contribution in [0.2, 0.25) is 5.02 Å². The number of hydrogen-bond acceptors (Lipinski definition) is 3. The molecule has 3 nitrogen and oxygen atoms in total. The van der Waals surface area contributed by atoms with Crippen molar-refractivity contribution in [1.29, 1.82) is 0 Å². The maximum atomic E-state index is 9.45. The average Bonchev–Trinajstić information content (AvgIpc) is 2.48. The summed E-state index contributed by atoms with van der Waals surface area (Å²) >= 11 is 6.15. The number of aliphatic hydroxyl groups is 1. The van der Waals surface area contributed by atoms with Crippen LogP contribution in [0.25, 0.3) is 0 Å². The third kappa shape index (κ3) is 4.44. The molecular weight excluding hydrogens is 310 g/mol. The Kier molecular flexibility index (Phi) is 5.30. The van der Waals surface area contributed by atoms with Crippen molar-refractivity contribution in [3.8, 4) is 5.75 Å². The van der Waals surface area contributed by atoms with Crippen LogP contribution in [-0.4, -0.2) is 29.2 Å². The maximum Gasteiger partial charge on any atom is 0.131 e. The van der Waals surface area contributed by atoms with Crippen molar-refractivity contribution >= 4 is 11.6 Å². The van der Waals surface area contributed by atoms with E-state index in [0.717, 1.165) is 42.3 Å². The summed E-state index contributed by atoms with van der Waals surface area (Å²) in [6, 6.07) is 5.83. The fourth-order valence-electron chi connectivity index (χ4n) is 2.80. The zero-order chi connectivity index (χ0) is 17.2. The molecule has 0 aromatic heterocycles. The van der Waals surface area contributed by atoms with Crippen molar-refractivity contribution in [1.82, 2.24) is 4.90 Å². The van der Waals surface area contributed by atoms with Crippen LogP contribution in [0.15, 0.2) is 42.8 Å². The molecule has 1 aliphatic rings. The largest absolute Gasteiger partial charge is 0.506 e. The van der Waals surface area contributed by atoms with E-state index in [-0.39, 0.29) is 17.3 Å². The highest BCUT2D eigenvalue weighted by Crippen LogP contribution is 2.35. The standard InChI is InChI=1S/C19H26ClNO2/c1-13(14(2)22)21-10-8-16(9-11-21)23-18-7-6-15(20)12-17(18)19(3,4)5/h6-7,12,16,22H,1-2,8-11H2,3-5H3. The van der Waals surface area contributed by atoms with Gasteiger partial charge >= 0.3 is 0 Å². The molecule has 126 valence electrons. The summed E-state index contributed by atoms with van der Waals surface area (Å²) in [7, 11) is 0. The summed E-state index contributed by atoms with van der Waals surface area (Å²) in [5, 5.41) is 10.2. The molecule has 4 heteroatoms. The zero-order valence-electron chi connectivity index (χ0n) is 14.2. The van der Waals surface area contributed by atoms with Crippen molar-refractivity contribution in [3.05, 3.63) is 53.4 Å². The molecule has 0 spiro atoms. The molecule has 1 aliphatic heterocycles. The van der Waals surface area contributed by atoms with Gasteiger partial charge in [0.25, 0.3) is 0 Å². The normalized spacial score (nSPS) is 16.3. The number of hydrogen-bond donors (Lipinski definition) is 1. The number of ether oxygens (including phenoxy) is 1. The lowest BCUT2D eigenvalue weighted by Gasteiger charge is -2.35. The molecule has 0 saturated carbocycles. The van der Waals surface area contributed by atoms with Gasteiger partial charge in [0.05, 0.1) is 5.70 Å². The smallest absolute Gasteiger partial charge is 0.131 e. The predicted molar refractivity (Wildman–Crippen MR) is 96.3 cm³/mol. The third-order valence-electron chi connectivity index (χ3n) is 4.20. The molecule has 1 heterocycles. The van der Waals surface area contributed by atoms with Crippen LogP contribution in [0.4, 0.5) is 0 Å². The molecule has 23 heavy (non-hydrogen) atoms. The Labute approximate surface area is 144 Å². The maximum absolute atomic E-state index is 9.45. The summed E-state index contributed by atoms with van der Waals surface area (Å²) < 4.78 is 6.26. The molecule has 0 unspecified atom stereocenters. The van der Waals surface area contributed by atoms with Crippen LogP contribution >= 0.6 is 11.6 Å². The van der Waals surface area contributed by atoms with Gasteiger partial charge in [-0.05, 0) is 23.6 Å². The summed E-state index contributed by atoms with van der Waals surface area (Å²) in [6.07, 6.45) is 1.94. The highest BCUT2D eigenvalue weighted by atomic mass is 35.5. The Bertz CT molecular complexity index is 596. The van der Waals surface area contributed by atoms with E-state index in [1.807, 2.05) is 18.2 Å². The Balaban J connectivity index is 2.05. The minimum Gasteiger partial charge on any atom is -0.506 e. The molecule has 1 saturated heterocycles. The highest BCUT2D eigenvalue weighted by Gasteiger charge is 2.25. The van der Waals surface area contributed by atoms with Gasteiger partial charge in [0, 0.05) is 36.5 Å². The molecule has 0 aliphatic carbocycles. The van der Waals surface area contributed by atoms with Crippen molar-refractivity contribution in [2.45, 2.75) is 45.1 Å². The van der Waals surface area contributed by atoms with Crippen molar-refractivity contribution in [2.75, 3.05) is 13.1 Å². The van der Waals surface area contributed by atoms with Gasteiger partial charge in [0.1, 0.15) is 17.6 Å². The predicted octanol–water partition coefficient (Wildman–Crippen LogP) is 5.07. The van der Waals surface area contributed by atoms with Gasteiger partial charge < -0.3 is 14.7 Å². The Morgan fingerprint density at radius 2 is 1.87 bits per heavy atom. The van der Waals surface area contributed by atoms with Crippen molar-refractivity contribution in [2.24, 2.45) is 0 Å². The van der Waals surface area contributed by atoms with Gasteiger partial charge in [-0.25, -0.2) is 0 Å². The third-order valence-corrected chi connectivity index (χ3v) is 4.44. The molecule has 1 aromatic carbocycles. The van der Waals surface area contributed by atoms with E-state index in [4.69, 9.17) is 16.3 Å². The molecule has 1 aromatic rings. The van der Waals surface area contributed by atoms with Crippen LogP contribution in [0.1, 0.15) is 39.2 Å². The molecule has 2 rings (SSSR count). The first-order valence-electron chi connectivity index (χ1n) is 7.97. The fraction of sp³-hybridized carbons (Fsp3) is 0.474. The van der Waals surface area contributed by atoms with Crippen molar-refractivity contribution < 1.29 is 9.84 Å². The van der Waals surface area contributed by atoms with Gasteiger partial charge in [-0.3, -0.25) is 0 Å². The molecule has 0 bridgehead atoms. The topological polar surface area (TPSA) is 32.7 Å². The monoisotopic (exact) mass is 335 g/mol. The van der Waals surface area contributed by atoms with E-state index < -0.39 is 0 Å². The number of piperidine rings is 1. The van der Waals surface area contributed by atoms with E-state index in [0.29, 0.717) is 5.70 Å². The Morgan fingerprint density at radius 1 is 1.26 bits per heavy atom. The summed E-state index contributed by atoms with van der Waals surface area (Å²) in [4.78, 5) is 2.05. The number of nitrogens with zero attached hydrogens (tertiary/aromatic N) is 1. The van der Waals surface area contributed by atoms with Gasteiger partial charge in [-0.1, -0.05) is 45.5 Å². The van der Waals surface area contributed by atoms with Gasteiger partial charge in [0.2, 0.25) is 0 Å². The summed E-state index contributed by atoms with van der Waals surface area (Å²) in [5.74, 6) is 0.947. The van der Waals surface area contributed by atoms with E-state index in [1.165, 1.54) is 0 Å². The second-order valence-electron chi connectivity index (χ2n) is 7.09. The van der Waals surface area contributed by atoms with E-state index in [9.17, 15) is 5.11 Å². The van der Waals surface area contributed by atoms with Crippen LogP contribution in [0.5, 0.6) is 5.75 Å². The van der Waals surface area contributed by atoms with Crippen LogP contribution in [-0.2, 0) is 5.41 Å². The van der Waals surface area contributed by atoms with Crippen molar-refractivity contribution in [3.63, 3.8) is 0 Å². The first-order valence-corrected chi connectivity index (χ1v) is 8.35. The molecule has 1 N–H and O–H groups in total. The van der Waals surface area contributed by atoms with E-state index in [1.54, 1.807) is 0 Å². The minimum atomic E-state index is -0.0240.